The molecule has 1 fully saturated rings. The van der Waals surface area contributed by atoms with E-state index in [0.29, 0.717) is 0 Å². The summed E-state index contributed by atoms with van der Waals surface area (Å²) >= 11 is 0. The highest BCUT2D eigenvalue weighted by molar-refractivity contribution is 6.46. The van der Waals surface area contributed by atoms with Crippen LogP contribution in [-0.2, 0) is 36.8 Å². The molecule has 0 radical (unpaired) electrons. The monoisotopic (exact) mass is 958 g/mol. The summed E-state index contributed by atoms with van der Waals surface area (Å²) in [6.45, 7) is 28.7. The zero-order chi connectivity index (χ0) is 46.3. The van der Waals surface area contributed by atoms with E-state index in [1.54, 1.807) is 0 Å². The minimum Gasteiger partial charge on any atom is -0.449 e. The van der Waals surface area contributed by atoms with Crippen molar-refractivity contribution in [2.75, 3.05) is 0 Å². The van der Waals surface area contributed by atoms with Crippen molar-refractivity contribution >= 4 is 61.0 Å². The Balaban J connectivity index is 0.000000564. The van der Waals surface area contributed by atoms with Gasteiger partial charge in [-0.1, -0.05) is 218 Å². The van der Waals surface area contributed by atoms with E-state index in [0.717, 1.165) is 54.4 Å². The summed E-state index contributed by atoms with van der Waals surface area (Å²) in [7, 11) is -1.27. The Morgan fingerprint density at radius 2 is 0.492 bits per heavy atom. The van der Waals surface area contributed by atoms with Gasteiger partial charge in [-0.25, -0.2) is 0 Å². The summed E-state index contributed by atoms with van der Waals surface area (Å²) in [5.41, 5.74) is 0.274. The highest BCUT2D eigenvalue weighted by Crippen LogP contribution is 2.85. The van der Waals surface area contributed by atoms with Gasteiger partial charge in [0, 0.05) is 27.1 Å². The van der Waals surface area contributed by atoms with Crippen LogP contribution in [0.4, 0.5) is 0 Å². The Labute approximate surface area is 403 Å². The van der Waals surface area contributed by atoms with E-state index in [1.807, 2.05) is 0 Å². The Kier molecular flexibility index (Phi) is 17.0. The van der Waals surface area contributed by atoms with Crippen molar-refractivity contribution < 1.29 is 20.6 Å². The Morgan fingerprint density at radius 3 is 0.692 bits per heavy atom. The minimum atomic E-state index is -1.06. The van der Waals surface area contributed by atoms with Crippen molar-refractivity contribution in [2.24, 2.45) is 16.2 Å². The molecule has 0 bridgehead atoms. The molecule has 1 aliphatic rings. The summed E-state index contributed by atoms with van der Waals surface area (Å²) in [5, 5.41) is 0. The molecule has 0 unspecified atom stereocenters. The van der Waals surface area contributed by atoms with Gasteiger partial charge in [-0.3, -0.25) is 0 Å². The van der Waals surface area contributed by atoms with Crippen LogP contribution >= 0.6 is 0 Å². The van der Waals surface area contributed by atoms with Crippen LogP contribution in [0.15, 0.2) is 258 Å². The van der Waals surface area contributed by atoms with Gasteiger partial charge in [-0.05, 0) is 33.4 Å². The van der Waals surface area contributed by atoms with Gasteiger partial charge in [0.05, 0.1) is 5.41 Å². The molecule has 0 atom stereocenters. The number of allylic oxidation sites excluding steroid dienone is 6. The summed E-state index contributed by atoms with van der Waals surface area (Å²) in [6, 6.07) is 65.9. The van der Waals surface area contributed by atoms with Crippen molar-refractivity contribution in [3.63, 3.8) is 0 Å². The lowest BCUT2D eigenvalue weighted by Gasteiger charge is -2.80. The van der Waals surface area contributed by atoms with Crippen LogP contribution in [0.5, 0.6) is 0 Å². The average molecular weight is 960 g/mol. The number of hydrogen-bond acceptors (Lipinski definition) is 5. The molecule has 0 saturated heterocycles. The van der Waals surface area contributed by atoms with Gasteiger partial charge in [0.1, 0.15) is 21.0 Å². The molecular formula is C54H62O5Si6. The standard InChI is InChI=1S/C54H48.H14O5Si6/c1-7-49(8-2)50(9-3,10-4)52(43-31-19-13-20-32-43,44-33-21-14-22-34-44)54(47-39-27-17-28-40-47,48-41-29-18-30-42-48)53(51(49,11-5)12-6,45-35-23-15-24-36-45)46-37-25-16-26-38-46;6-1-8-3-10-5-11-4-9-2-7/h7-42H,1-6H2;8-11H2,6-7H3. The van der Waals surface area contributed by atoms with E-state index in [-0.39, 0.29) is 0 Å². The first-order chi connectivity index (χ1) is 31.9. The zero-order valence-corrected chi connectivity index (χ0v) is 47.6. The lowest BCUT2D eigenvalue weighted by molar-refractivity contribution is -0.0966. The Hall–Kier alpha value is -5.14. The van der Waals surface area contributed by atoms with Crippen molar-refractivity contribution in [3.8, 4) is 0 Å². The van der Waals surface area contributed by atoms with Gasteiger partial charge in [-0.2, -0.15) is 0 Å². The van der Waals surface area contributed by atoms with E-state index in [4.69, 9.17) is 60.0 Å². The zero-order valence-electron chi connectivity index (χ0n) is 37.9. The highest BCUT2D eigenvalue weighted by Gasteiger charge is 2.85. The van der Waals surface area contributed by atoms with Crippen LogP contribution in [0.3, 0.4) is 0 Å². The molecular weight excluding hydrogens is 897 g/mol. The molecule has 1 saturated carbocycles. The molecule has 5 nitrogen and oxygen atoms in total. The number of rotatable bonds is 20. The summed E-state index contributed by atoms with van der Waals surface area (Å²) in [6.07, 6.45) is 12.6. The Morgan fingerprint density at radius 1 is 0.292 bits per heavy atom. The topological polar surface area (TPSA) is 46.2 Å². The molecule has 6 aromatic carbocycles. The van der Waals surface area contributed by atoms with E-state index >= 15 is 0 Å². The molecule has 0 aliphatic heterocycles. The second kappa shape index (κ2) is 22.4. The third-order valence-corrected chi connectivity index (χ3v) is 19.5. The first-order valence-corrected chi connectivity index (χ1v) is 28.0. The van der Waals surface area contributed by atoms with Crippen LogP contribution in [0.2, 0.25) is 0 Å². The first kappa shape index (κ1) is 49.3. The van der Waals surface area contributed by atoms with E-state index in [1.165, 1.54) is 0 Å². The summed E-state index contributed by atoms with van der Waals surface area (Å²) < 4.78 is 25.4. The lowest BCUT2D eigenvalue weighted by atomic mass is 9.19. The second-order valence-electron chi connectivity index (χ2n) is 15.9. The van der Waals surface area contributed by atoms with Gasteiger partial charge in [-0.15, -0.1) is 39.5 Å². The molecule has 65 heavy (non-hydrogen) atoms. The fourth-order valence-electron chi connectivity index (χ4n) is 11.8. The van der Waals surface area contributed by atoms with E-state index in [2.05, 4.69) is 218 Å². The third-order valence-electron chi connectivity index (χ3n) is 13.6. The van der Waals surface area contributed by atoms with Crippen molar-refractivity contribution in [3.05, 3.63) is 291 Å². The van der Waals surface area contributed by atoms with Crippen molar-refractivity contribution in [2.45, 2.75) is 16.2 Å². The van der Waals surface area contributed by atoms with E-state index in [9.17, 15) is 0 Å². The maximum atomic E-state index is 5.21. The number of hydrogen-bond donors (Lipinski definition) is 0. The third kappa shape index (κ3) is 7.54. The van der Waals surface area contributed by atoms with Gasteiger partial charge >= 0.3 is 0 Å². The van der Waals surface area contributed by atoms with Gasteiger partial charge in [0.25, 0.3) is 40.0 Å². The van der Waals surface area contributed by atoms with Crippen LogP contribution < -0.4 is 0 Å². The van der Waals surface area contributed by atoms with Crippen molar-refractivity contribution in [1.82, 2.24) is 0 Å². The fraction of sp³-hybridized carbons (Fsp3) is 0.111. The first-order valence-electron chi connectivity index (χ1n) is 21.8. The molecule has 0 N–H and O–H groups in total. The molecule has 0 spiro atoms. The second-order valence-corrected chi connectivity index (χ2v) is 26.4. The quantitative estimate of drug-likeness (QED) is 0.0488. The molecule has 11 heteroatoms. The molecule has 332 valence electrons. The summed E-state index contributed by atoms with van der Waals surface area (Å²) in [4.78, 5) is 0. The molecule has 0 amide bonds. The van der Waals surface area contributed by atoms with E-state index < -0.39 is 72.5 Å². The highest BCUT2D eigenvalue weighted by atomic mass is 28.4. The largest absolute Gasteiger partial charge is 0.449 e. The molecule has 6 aromatic rings. The minimum absolute atomic E-state index is 0.666. The smallest absolute Gasteiger partial charge is 0.286 e. The predicted octanol–water partition coefficient (Wildman–Crippen LogP) is 6.66. The van der Waals surface area contributed by atoms with Crippen LogP contribution in [0, 0.1) is 16.2 Å². The maximum Gasteiger partial charge on any atom is 0.286 e. The predicted molar refractivity (Wildman–Crippen MR) is 289 cm³/mol. The van der Waals surface area contributed by atoms with Gasteiger partial charge < -0.3 is 20.6 Å². The molecule has 7 rings (SSSR count). The van der Waals surface area contributed by atoms with Gasteiger partial charge in [0.2, 0.25) is 0 Å². The normalized spacial score (nSPS) is 17.7. The van der Waals surface area contributed by atoms with Crippen LogP contribution in [0.1, 0.15) is 33.4 Å². The average Bonchev–Trinajstić information content (AvgIpc) is 3.39. The SMILES string of the molecule is C=CC1(C=C)C(C=C)(C=C)C(c2ccccc2)(c2ccccc2)C(c2ccccc2)(c2ccccc2)C(c2ccccc2)(c2ccccc2)C1(C=C)C=C.[SiH3]O[SiH2]O[SiH2]O[SiH2]O[SiH2]O[SiH3]. The number of benzene rings is 6. The van der Waals surface area contributed by atoms with Crippen LogP contribution in [-0.4, -0.2) is 61.0 Å². The molecule has 0 heterocycles. The maximum absolute atomic E-state index is 5.21. The van der Waals surface area contributed by atoms with Crippen molar-refractivity contribution in [1.29, 1.82) is 0 Å². The fourth-order valence-corrected chi connectivity index (χ4v) is 20.0. The van der Waals surface area contributed by atoms with Crippen LogP contribution in [0.25, 0.3) is 0 Å². The lowest BCUT2D eigenvalue weighted by Crippen LogP contribution is -2.82. The molecule has 1 aliphatic carbocycles. The molecule has 0 aromatic heterocycles. The summed E-state index contributed by atoms with van der Waals surface area (Å²) in [5.74, 6) is 0. The Bertz CT molecular complexity index is 2210. The van der Waals surface area contributed by atoms with Gasteiger partial charge in [0.15, 0.2) is 0 Å².